The van der Waals surface area contributed by atoms with Crippen LogP contribution in [0.3, 0.4) is 0 Å². The fourth-order valence-electron chi connectivity index (χ4n) is 1.85. The van der Waals surface area contributed by atoms with Gasteiger partial charge in [-0.2, -0.15) is 0 Å². The summed E-state index contributed by atoms with van der Waals surface area (Å²) in [5.74, 6) is -5.10. The van der Waals surface area contributed by atoms with Crippen molar-refractivity contribution < 1.29 is 29.4 Å². The summed E-state index contributed by atoms with van der Waals surface area (Å²) < 4.78 is 0. The minimum atomic E-state index is -1.52. The van der Waals surface area contributed by atoms with E-state index >= 15 is 0 Å². The van der Waals surface area contributed by atoms with Gasteiger partial charge in [-0.15, -0.1) is 24.8 Å². The van der Waals surface area contributed by atoms with Crippen LogP contribution in [0.4, 0.5) is 0 Å². The molecular formula is C14H28Cl2N4O6. The van der Waals surface area contributed by atoms with Gasteiger partial charge >= 0.3 is 11.9 Å². The molecule has 0 rings (SSSR count). The molecule has 8 N–H and O–H groups in total. The summed E-state index contributed by atoms with van der Waals surface area (Å²) in [6.07, 6.45) is 0. The van der Waals surface area contributed by atoms with Crippen molar-refractivity contribution in [1.29, 1.82) is 0 Å². The lowest BCUT2D eigenvalue weighted by Crippen LogP contribution is -2.62. The zero-order valence-corrected chi connectivity index (χ0v) is 16.6. The van der Waals surface area contributed by atoms with Crippen molar-refractivity contribution in [3.8, 4) is 0 Å². The quantitative estimate of drug-likeness (QED) is 0.273. The number of nitrogens with two attached hydrogens (primary N) is 2. The highest BCUT2D eigenvalue weighted by molar-refractivity contribution is 5.95. The van der Waals surface area contributed by atoms with Crippen LogP contribution in [0.2, 0.25) is 0 Å². The Morgan fingerprint density at radius 2 is 0.923 bits per heavy atom. The monoisotopic (exact) mass is 418 g/mol. The van der Waals surface area contributed by atoms with E-state index in [2.05, 4.69) is 10.6 Å². The average Bonchev–Trinajstić information content (AvgIpc) is 2.46. The van der Waals surface area contributed by atoms with E-state index in [9.17, 15) is 19.2 Å². The maximum atomic E-state index is 12.0. The Balaban J connectivity index is -0.00000264. The Labute approximate surface area is 164 Å². The maximum Gasteiger partial charge on any atom is 0.326 e. The zero-order valence-electron chi connectivity index (χ0n) is 15.0. The lowest BCUT2D eigenvalue weighted by atomic mass is 10.0. The zero-order chi connectivity index (χ0) is 19.2. The molecule has 0 saturated carbocycles. The summed E-state index contributed by atoms with van der Waals surface area (Å²) in [6, 6.07) is -5.40. The highest BCUT2D eigenvalue weighted by Gasteiger charge is 2.33. The summed E-state index contributed by atoms with van der Waals surface area (Å²) >= 11 is 0. The van der Waals surface area contributed by atoms with Gasteiger partial charge in [0.1, 0.15) is 24.2 Å². The van der Waals surface area contributed by atoms with E-state index in [0.29, 0.717) is 0 Å². The smallest absolute Gasteiger partial charge is 0.326 e. The summed E-state index contributed by atoms with van der Waals surface area (Å²) in [5.41, 5.74) is 11.2. The third kappa shape index (κ3) is 8.65. The summed E-state index contributed by atoms with van der Waals surface area (Å²) in [4.78, 5) is 46.1. The molecule has 0 fully saturated rings. The molecule has 12 heteroatoms. The summed E-state index contributed by atoms with van der Waals surface area (Å²) in [6.45, 7) is 6.38. The largest absolute Gasteiger partial charge is 0.480 e. The number of nitrogens with one attached hydrogen (secondary N) is 2. The van der Waals surface area contributed by atoms with E-state index in [1.807, 2.05) is 0 Å². The van der Waals surface area contributed by atoms with E-state index in [4.69, 9.17) is 21.7 Å². The van der Waals surface area contributed by atoms with Crippen LogP contribution in [-0.4, -0.2) is 58.1 Å². The van der Waals surface area contributed by atoms with Gasteiger partial charge in [0.15, 0.2) is 0 Å². The topological polar surface area (TPSA) is 185 Å². The van der Waals surface area contributed by atoms with Gasteiger partial charge in [0, 0.05) is 0 Å². The number of carbonyl (C=O) groups excluding carboxylic acids is 2. The third-order valence-electron chi connectivity index (χ3n) is 3.45. The number of carboxylic acid groups (broad SMARTS) is 2. The number of carboxylic acids is 2. The van der Waals surface area contributed by atoms with Crippen LogP contribution in [0.1, 0.15) is 27.7 Å². The summed E-state index contributed by atoms with van der Waals surface area (Å²) in [5, 5.41) is 22.5. The van der Waals surface area contributed by atoms with Crippen molar-refractivity contribution in [3.63, 3.8) is 0 Å². The van der Waals surface area contributed by atoms with Crippen LogP contribution in [0.25, 0.3) is 0 Å². The van der Waals surface area contributed by atoms with Crippen LogP contribution in [0, 0.1) is 11.8 Å². The van der Waals surface area contributed by atoms with Crippen molar-refractivity contribution in [2.75, 3.05) is 0 Å². The van der Waals surface area contributed by atoms with Crippen molar-refractivity contribution in [2.24, 2.45) is 23.3 Å². The third-order valence-corrected chi connectivity index (χ3v) is 3.45. The Morgan fingerprint density at radius 3 is 1.08 bits per heavy atom. The first-order valence-corrected chi connectivity index (χ1v) is 7.47. The minimum absolute atomic E-state index is 0. The predicted octanol–water partition coefficient (Wildman–Crippen LogP) is -1.06. The van der Waals surface area contributed by atoms with Gasteiger partial charge in [-0.1, -0.05) is 27.7 Å². The first-order valence-electron chi connectivity index (χ1n) is 7.47. The number of hydrogen-bond donors (Lipinski definition) is 6. The van der Waals surface area contributed by atoms with Gasteiger partial charge < -0.3 is 32.3 Å². The molecule has 0 aliphatic carbocycles. The van der Waals surface area contributed by atoms with Crippen molar-refractivity contribution >= 4 is 48.6 Å². The SMILES string of the molecule is CC(C)[C@H](NC(=O)[C@@H](N)[C@H](N)C(=O)N[C@H](C(=O)O)C(C)C)C(=O)O.Cl.Cl. The number of carbonyl (C=O) groups is 4. The second kappa shape index (κ2) is 12.7. The molecule has 0 unspecified atom stereocenters. The Hall–Kier alpha value is -1.62. The molecule has 0 aromatic rings. The van der Waals surface area contributed by atoms with Gasteiger partial charge in [-0.05, 0) is 11.8 Å². The standard InChI is InChI=1S/C14H26N4O6.2ClH/c1-5(2)9(13(21)22)17-11(19)7(15)8(16)12(20)18-10(6(3)4)14(23)24;;/h5-10H,15-16H2,1-4H3,(H,17,19)(H,18,20)(H,21,22)(H,23,24);2*1H/t7-,8-,9-,10-;;/m0../s1. The Morgan fingerprint density at radius 1 is 0.692 bits per heavy atom. The lowest BCUT2D eigenvalue weighted by Gasteiger charge is -2.25. The first-order chi connectivity index (χ1) is 10.9. The molecule has 0 spiro atoms. The number of amides is 2. The van der Waals surface area contributed by atoms with Crippen molar-refractivity contribution in [3.05, 3.63) is 0 Å². The van der Waals surface area contributed by atoms with E-state index in [1.165, 1.54) is 0 Å². The average molecular weight is 419 g/mol. The van der Waals surface area contributed by atoms with Crippen LogP contribution in [0.15, 0.2) is 0 Å². The highest BCUT2D eigenvalue weighted by Crippen LogP contribution is 2.04. The molecule has 0 aromatic carbocycles. The molecule has 0 aliphatic heterocycles. The van der Waals surface area contributed by atoms with Gasteiger partial charge in [0.05, 0.1) is 0 Å². The Bertz CT molecular complexity index is 460. The molecule has 0 aromatic heterocycles. The molecule has 0 saturated heterocycles. The normalized spacial score (nSPS) is 14.9. The molecule has 10 nitrogen and oxygen atoms in total. The number of aliphatic carboxylic acids is 2. The summed E-state index contributed by atoms with van der Waals surface area (Å²) in [7, 11) is 0. The van der Waals surface area contributed by atoms with Gasteiger partial charge in [-0.25, -0.2) is 9.59 Å². The van der Waals surface area contributed by atoms with E-state index in [1.54, 1.807) is 27.7 Å². The maximum absolute atomic E-state index is 12.0. The van der Waals surface area contributed by atoms with Gasteiger partial charge in [-0.3, -0.25) is 9.59 Å². The molecular weight excluding hydrogens is 391 g/mol. The number of halogens is 2. The van der Waals surface area contributed by atoms with Crippen LogP contribution >= 0.6 is 24.8 Å². The molecule has 0 bridgehead atoms. The van der Waals surface area contributed by atoms with Crippen LogP contribution in [-0.2, 0) is 19.2 Å². The van der Waals surface area contributed by atoms with Crippen LogP contribution in [0.5, 0.6) is 0 Å². The van der Waals surface area contributed by atoms with Gasteiger partial charge in [0.2, 0.25) is 11.8 Å². The fraction of sp³-hybridized carbons (Fsp3) is 0.714. The van der Waals surface area contributed by atoms with E-state index in [0.717, 1.165) is 0 Å². The van der Waals surface area contributed by atoms with Gasteiger partial charge in [0.25, 0.3) is 0 Å². The number of hydrogen-bond acceptors (Lipinski definition) is 6. The molecule has 154 valence electrons. The molecule has 0 heterocycles. The first kappa shape index (κ1) is 29.2. The van der Waals surface area contributed by atoms with Crippen molar-refractivity contribution in [2.45, 2.75) is 51.9 Å². The molecule has 0 radical (unpaired) electrons. The molecule has 2 amide bonds. The minimum Gasteiger partial charge on any atom is -0.480 e. The number of rotatable bonds is 9. The van der Waals surface area contributed by atoms with E-state index < -0.39 is 59.8 Å². The second-order valence-corrected chi connectivity index (χ2v) is 6.19. The predicted molar refractivity (Wildman–Crippen MR) is 99.3 cm³/mol. The van der Waals surface area contributed by atoms with E-state index in [-0.39, 0.29) is 24.8 Å². The van der Waals surface area contributed by atoms with Crippen LogP contribution < -0.4 is 22.1 Å². The Kier molecular flexibility index (Phi) is 14.2. The second-order valence-electron chi connectivity index (χ2n) is 6.19. The molecule has 4 atom stereocenters. The lowest BCUT2D eigenvalue weighted by molar-refractivity contribution is -0.144. The van der Waals surface area contributed by atoms with Crippen molar-refractivity contribution in [1.82, 2.24) is 10.6 Å². The molecule has 0 aliphatic rings. The highest BCUT2D eigenvalue weighted by atomic mass is 35.5. The molecule has 26 heavy (non-hydrogen) atoms. The fourth-order valence-corrected chi connectivity index (χ4v) is 1.85.